The molecule has 0 bridgehead atoms. The van der Waals surface area contributed by atoms with Crippen molar-refractivity contribution in [1.29, 1.82) is 0 Å². The maximum Gasteiger partial charge on any atom is 0.331 e. The number of carboxylic acid groups (broad SMARTS) is 1. The number of hydrogen-bond donors (Lipinski definition) is 1. The van der Waals surface area contributed by atoms with Crippen molar-refractivity contribution in [2.75, 3.05) is 0 Å². The van der Waals surface area contributed by atoms with Crippen molar-refractivity contribution in [3.05, 3.63) is 39.6 Å². The molecule has 0 aromatic heterocycles. The third kappa shape index (κ3) is 2.67. The third-order valence-electron chi connectivity index (χ3n) is 1.67. The molecule has 1 aromatic carbocycles. The van der Waals surface area contributed by atoms with E-state index in [0.717, 1.165) is 0 Å². The monoisotopic (exact) mass is 258 g/mol. The lowest BCUT2D eigenvalue weighted by Gasteiger charge is -1.99. The Kier molecular flexibility index (Phi) is 3.41. The van der Waals surface area contributed by atoms with Crippen LogP contribution < -0.4 is 0 Å². The molecule has 0 aliphatic rings. The summed E-state index contributed by atoms with van der Waals surface area (Å²) in [4.78, 5) is 10.5. The molecule has 1 aromatic rings. The maximum atomic E-state index is 13.1. The zero-order valence-electron chi connectivity index (χ0n) is 7.42. The van der Waals surface area contributed by atoms with Crippen molar-refractivity contribution >= 4 is 28.0 Å². The maximum absolute atomic E-state index is 13.1. The fourth-order valence-electron chi connectivity index (χ4n) is 0.920. The zero-order chi connectivity index (χ0) is 10.7. The van der Waals surface area contributed by atoms with E-state index in [2.05, 4.69) is 15.9 Å². The molecule has 0 saturated carbocycles. The molecular weight excluding hydrogens is 251 g/mol. The van der Waals surface area contributed by atoms with Gasteiger partial charge < -0.3 is 5.11 Å². The van der Waals surface area contributed by atoms with E-state index in [1.165, 1.54) is 25.1 Å². The summed E-state index contributed by atoms with van der Waals surface area (Å²) < 4.78 is 13.8. The van der Waals surface area contributed by atoms with Crippen LogP contribution in [-0.4, -0.2) is 11.1 Å². The first-order valence-electron chi connectivity index (χ1n) is 3.87. The molecule has 2 nitrogen and oxygen atoms in total. The van der Waals surface area contributed by atoms with E-state index in [0.29, 0.717) is 4.47 Å². The van der Waals surface area contributed by atoms with Crippen LogP contribution in [0.15, 0.2) is 28.2 Å². The van der Waals surface area contributed by atoms with Crippen molar-refractivity contribution in [3.63, 3.8) is 0 Å². The quantitative estimate of drug-likeness (QED) is 0.828. The predicted octanol–water partition coefficient (Wildman–Crippen LogP) is 3.08. The molecule has 0 saturated heterocycles. The number of carbonyl (C=O) groups is 1. The summed E-state index contributed by atoms with van der Waals surface area (Å²) in [5, 5.41) is 8.60. The molecule has 1 N–H and O–H groups in total. The minimum absolute atomic E-state index is 0.0991. The molecule has 0 amide bonds. The van der Waals surface area contributed by atoms with Gasteiger partial charge in [-0.05, 0) is 31.2 Å². The van der Waals surface area contributed by atoms with Crippen molar-refractivity contribution in [3.8, 4) is 0 Å². The van der Waals surface area contributed by atoms with Gasteiger partial charge in [0.15, 0.2) is 0 Å². The minimum atomic E-state index is -1.05. The molecule has 1 rings (SSSR count). The highest BCUT2D eigenvalue weighted by molar-refractivity contribution is 9.10. The Morgan fingerprint density at radius 2 is 2.21 bits per heavy atom. The predicted molar refractivity (Wildman–Crippen MR) is 55.4 cm³/mol. The van der Waals surface area contributed by atoms with Gasteiger partial charge in [-0.25, -0.2) is 9.18 Å². The van der Waals surface area contributed by atoms with Crippen LogP contribution in [-0.2, 0) is 4.79 Å². The van der Waals surface area contributed by atoms with E-state index in [-0.39, 0.29) is 11.1 Å². The van der Waals surface area contributed by atoms with E-state index in [4.69, 9.17) is 5.11 Å². The second-order valence-corrected chi connectivity index (χ2v) is 3.71. The van der Waals surface area contributed by atoms with Crippen molar-refractivity contribution < 1.29 is 14.3 Å². The largest absolute Gasteiger partial charge is 0.478 e. The highest BCUT2D eigenvalue weighted by Gasteiger charge is 2.04. The van der Waals surface area contributed by atoms with Gasteiger partial charge in [0.25, 0.3) is 0 Å². The number of benzene rings is 1. The van der Waals surface area contributed by atoms with Crippen molar-refractivity contribution in [1.82, 2.24) is 0 Å². The fourth-order valence-corrected chi connectivity index (χ4v) is 1.30. The third-order valence-corrected chi connectivity index (χ3v) is 2.16. The van der Waals surface area contributed by atoms with E-state index in [9.17, 15) is 9.18 Å². The minimum Gasteiger partial charge on any atom is -0.478 e. The Balaban J connectivity index is 3.13. The first-order valence-corrected chi connectivity index (χ1v) is 4.66. The van der Waals surface area contributed by atoms with Gasteiger partial charge in [-0.3, -0.25) is 0 Å². The van der Waals surface area contributed by atoms with Gasteiger partial charge in [-0.2, -0.15) is 0 Å². The number of rotatable bonds is 2. The van der Waals surface area contributed by atoms with Gasteiger partial charge >= 0.3 is 5.97 Å². The molecule has 0 radical (unpaired) electrons. The molecule has 4 heteroatoms. The fraction of sp³-hybridized carbons (Fsp3) is 0.100. The summed E-state index contributed by atoms with van der Waals surface area (Å²) >= 11 is 3.18. The first-order chi connectivity index (χ1) is 6.50. The molecule has 0 heterocycles. The summed E-state index contributed by atoms with van der Waals surface area (Å²) in [5.74, 6) is -1.49. The van der Waals surface area contributed by atoms with Crippen LogP contribution in [0.5, 0.6) is 0 Å². The lowest BCUT2D eigenvalue weighted by molar-refractivity contribution is -0.132. The number of hydrogen-bond acceptors (Lipinski definition) is 1. The first kappa shape index (κ1) is 10.9. The summed E-state index contributed by atoms with van der Waals surface area (Å²) in [5.41, 5.74) is 0.362. The van der Waals surface area contributed by atoms with Crippen LogP contribution >= 0.6 is 15.9 Å². The van der Waals surface area contributed by atoms with Crippen LogP contribution in [0.3, 0.4) is 0 Å². The van der Waals surface area contributed by atoms with Crippen molar-refractivity contribution in [2.45, 2.75) is 6.92 Å². The molecule has 0 aliphatic carbocycles. The summed E-state index contributed by atoms with van der Waals surface area (Å²) in [6, 6.07) is 4.37. The lowest BCUT2D eigenvalue weighted by Crippen LogP contribution is -1.96. The Morgan fingerprint density at radius 3 is 2.79 bits per heavy atom. The zero-order valence-corrected chi connectivity index (χ0v) is 9.01. The van der Waals surface area contributed by atoms with E-state index < -0.39 is 11.8 Å². The van der Waals surface area contributed by atoms with E-state index >= 15 is 0 Å². The average molecular weight is 259 g/mol. The Morgan fingerprint density at radius 1 is 1.57 bits per heavy atom. The number of halogens is 2. The molecule has 0 spiro atoms. The second-order valence-electron chi connectivity index (χ2n) is 2.80. The van der Waals surface area contributed by atoms with Gasteiger partial charge in [0.2, 0.25) is 0 Å². The molecule has 0 aliphatic heterocycles. The lowest BCUT2D eigenvalue weighted by atomic mass is 10.1. The summed E-state index contributed by atoms with van der Waals surface area (Å²) in [7, 11) is 0. The van der Waals surface area contributed by atoms with Crippen LogP contribution in [0.2, 0.25) is 0 Å². The van der Waals surface area contributed by atoms with Crippen LogP contribution in [0.1, 0.15) is 12.5 Å². The number of carboxylic acids is 1. The summed E-state index contributed by atoms with van der Waals surface area (Å²) in [6.07, 6.45) is 1.29. The highest BCUT2D eigenvalue weighted by Crippen LogP contribution is 2.18. The molecule has 0 atom stereocenters. The van der Waals surface area contributed by atoms with Crippen molar-refractivity contribution in [2.24, 2.45) is 0 Å². The van der Waals surface area contributed by atoms with Gasteiger partial charge in [0.1, 0.15) is 5.82 Å². The highest BCUT2D eigenvalue weighted by atomic mass is 79.9. The normalized spacial score (nSPS) is 11.5. The van der Waals surface area contributed by atoms with Crippen LogP contribution in [0.25, 0.3) is 6.08 Å². The molecule has 0 fully saturated rings. The molecule has 74 valence electrons. The van der Waals surface area contributed by atoms with E-state index in [1.807, 2.05) is 0 Å². The van der Waals surface area contributed by atoms with Gasteiger partial charge in [0.05, 0.1) is 0 Å². The second kappa shape index (κ2) is 4.37. The molecule has 0 unspecified atom stereocenters. The Hall–Kier alpha value is -1.16. The number of aliphatic carboxylic acids is 1. The smallest absolute Gasteiger partial charge is 0.331 e. The SMILES string of the molecule is CC(=Cc1cc(Br)ccc1F)C(=O)O. The molecular formula is C10H8BrFO2. The average Bonchev–Trinajstić information content (AvgIpc) is 2.11. The molecule has 14 heavy (non-hydrogen) atoms. The van der Waals surface area contributed by atoms with Crippen LogP contribution in [0.4, 0.5) is 4.39 Å². The Labute approximate surface area is 89.2 Å². The van der Waals surface area contributed by atoms with Gasteiger partial charge in [0, 0.05) is 15.6 Å². The van der Waals surface area contributed by atoms with Gasteiger partial charge in [-0.15, -0.1) is 0 Å². The topological polar surface area (TPSA) is 37.3 Å². The summed E-state index contributed by atoms with van der Waals surface area (Å²) in [6.45, 7) is 1.42. The standard InChI is InChI=1S/C10H8BrFO2/c1-6(10(13)14)4-7-5-8(11)2-3-9(7)12/h2-5H,1H3,(H,13,14). The van der Waals surface area contributed by atoms with E-state index in [1.54, 1.807) is 6.07 Å². The Bertz CT molecular complexity index is 399. The van der Waals surface area contributed by atoms with Gasteiger partial charge in [-0.1, -0.05) is 15.9 Å². The van der Waals surface area contributed by atoms with Crippen LogP contribution in [0, 0.1) is 5.82 Å².